The maximum absolute atomic E-state index is 11.8. The molecule has 8 heteroatoms. The summed E-state index contributed by atoms with van der Waals surface area (Å²) in [4.78, 5) is 17.7. The molecule has 106 valence electrons. The molecule has 1 N–H and O–H groups in total. The van der Waals surface area contributed by atoms with Crippen LogP contribution in [0.5, 0.6) is 5.75 Å². The third kappa shape index (κ3) is 4.86. The van der Waals surface area contributed by atoms with Gasteiger partial charge in [0.1, 0.15) is 5.56 Å². The maximum Gasteiger partial charge on any atom is 0.405 e. The van der Waals surface area contributed by atoms with Crippen LogP contribution in [0.25, 0.3) is 0 Å². The van der Waals surface area contributed by atoms with Crippen molar-refractivity contribution in [2.24, 2.45) is 0 Å². The Morgan fingerprint density at radius 2 is 1.89 bits per heavy atom. The van der Waals surface area contributed by atoms with E-state index < -0.39 is 16.3 Å². The number of hydrogen-bond donors (Lipinski definition) is 1. The van der Waals surface area contributed by atoms with Gasteiger partial charge in [-0.05, 0) is 26.0 Å². The first kappa shape index (κ1) is 15.4. The zero-order chi connectivity index (χ0) is 14.5. The summed E-state index contributed by atoms with van der Waals surface area (Å²) in [7, 11) is -3.02. The molecule has 0 atom stereocenters. The fourth-order valence-electron chi connectivity index (χ4n) is 1.22. The van der Waals surface area contributed by atoms with E-state index in [1.54, 1.807) is 24.8 Å². The van der Waals surface area contributed by atoms with Gasteiger partial charge in [-0.25, -0.2) is 4.79 Å². The Bertz CT molecular complexity index is 540. The third-order valence-electron chi connectivity index (χ3n) is 1.83. The van der Waals surface area contributed by atoms with Crippen molar-refractivity contribution in [1.82, 2.24) is 4.89 Å². The van der Waals surface area contributed by atoms with E-state index >= 15 is 0 Å². The number of carbonyl (C=O) groups is 1. The molecule has 0 aliphatic carbocycles. The van der Waals surface area contributed by atoms with Crippen molar-refractivity contribution in [2.45, 2.75) is 20.0 Å². The van der Waals surface area contributed by atoms with Gasteiger partial charge in [-0.15, -0.1) is 0 Å². The van der Waals surface area contributed by atoms with E-state index in [0.717, 1.165) is 7.11 Å². The maximum atomic E-state index is 11.8. The van der Waals surface area contributed by atoms with E-state index in [2.05, 4.69) is 4.84 Å². The summed E-state index contributed by atoms with van der Waals surface area (Å²) in [6.07, 6.45) is -0.325. The summed E-state index contributed by atoms with van der Waals surface area (Å²) in [5, 5.41) is 0. The highest BCUT2D eigenvalue weighted by molar-refractivity contribution is 7.84. The molecular weight excluding hydrogens is 274 g/mol. The molecule has 0 radical (unpaired) electrons. The zero-order valence-electron chi connectivity index (χ0n) is 10.7. The van der Waals surface area contributed by atoms with Crippen molar-refractivity contribution in [3.8, 4) is 5.75 Å². The molecule has 0 aromatic heterocycles. The summed E-state index contributed by atoms with van der Waals surface area (Å²) in [6.45, 7) is 3.37. The molecule has 0 fully saturated rings. The lowest BCUT2D eigenvalue weighted by Gasteiger charge is -2.12. The molecular formula is C11H15NO6S. The third-order valence-corrected chi connectivity index (χ3v) is 2.60. The second-order valence-corrected chi connectivity index (χ2v) is 5.02. The Morgan fingerprint density at radius 1 is 1.26 bits per heavy atom. The molecule has 0 spiro atoms. The van der Waals surface area contributed by atoms with E-state index in [4.69, 9.17) is 8.92 Å². The summed E-state index contributed by atoms with van der Waals surface area (Å²) >= 11 is 0. The van der Waals surface area contributed by atoms with Crippen LogP contribution in [0, 0.1) is 0 Å². The number of ether oxygens (including phenoxy) is 1. The first-order chi connectivity index (χ1) is 8.85. The second kappa shape index (κ2) is 6.50. The highest BCUT2D eigenvalue weighted by atomic mass is 32.2. The van der Waals surface area contributed by atoms with Crippen molar-refractivity contribution in [1.29, 1.82) is 0 Å². The number of carbonyl (C=O) groups excluding carboxylic acids is 1. The first-order valence-electron chi connectivity index (χ1n) is 5.40. The molecule has 0 aliphatic heterocycles. The van der Waals surface area contributed by atoms with Gasteiger partial charge in [0.15, 0.2) is 5.75 Å². The van der Waals surface area contributed by atoms with E-state index in [9.17, 15) is 13.2 Å². The topological polar surface area (TPSA) is 90.9 Å². The SMILES string of the molecule is CONS(=O)(=O)Oc1ccccc1C(=O)OC(C)C. The van der Waals surface area contributed by atoms with Gasteiger partial charge in [0, 0.05) is 0 Å². The Labute approximate surface area is 111 Å². The van der Waals surface area contributed by atoms with Gasteiger partial charge in [0.05, 0.1) is 13.2 Å². The van der Waals surface area contributed by atoms with Crippen LogP contribution >= 0.6 is 0 Å². The van der Waals surface area contributed by atoms with Crippen molar-refractivity contribution < 1.29 is 27.0 Å². The van der Waals surface area contributed by atoms with Crippen LogP contribution in [0.1, 0.15) is 24.2 Å². The highest BCUT2D eigenvalue weighted by Gasteiger charge is 2.20. The lowest BCUT2D eigenvalue weighted by molar-refractivity contribution is 0.0376. The molecule has 0 bridgehead atoms. The predicted molar refractivity (Wildman–Crippen MR) is 66.7 cm³/mol. The van der Waals surface area contributed by atoms with Crippen LogP contribution in [-0.4, -0.2) is 27.6 Å². The summed E-state index contributed by atoms with van der Waals surface area (Å²) in [5.41, 5.74) is 0.0117. The van der Waals surface area contributed by atoms with Crippen molar-refractivity contribution >= 4 is 16.3 Å². The van der Waals surface area contributed by atoms with Gasteiger partial charge in [0.25, 0.3) is 0 Å². The molecule has 0 amide bonds. The minimum absolute atomic E-state index is 0.0117. The average molecular weight is 289 g/mol. The van der Waals surface area contributed by atoms with Gasteiger partial charge < -0.3 is 8.92 Å². The molecule has 0 saturated carbocycles. The van der Waals surface area contributed by atoms with Crippen LogP contribution in [0.3, 0.4) is 0 Å². The van der Waals surface area contributed by atoms with Crippen molar-refractivity contribution in [2.75, 3.05) is 7.11 Å². The van der Waals surface area contributed by atoms with Gasteiger partial charge in [-0.2, -0.15) is 8.42 Å². The van der Waals surface area contributed by atoms with Crippen molar-refractivity contribution in [3.63, 3.8) is 0 Å². The van der Waals surface area contributed by atoms with Crippen LogP contribution in [0.2, 0.25) is 0 Å². The minimum atomic E-state index is -4.15. The number of esters is 1. The highest BCUT2D eigenvalue weighted by Crippen LogP contribution is 2.20. The molecule has 0 saturated heterocycles. The average Bonchev–Trinajstić information content (AvgIpc) is 2.27. The monoisotopic (exact) mass is 289 g/mol. The minimum Gasteiger partial charge on any atom is -0.459 e. The smallest absolute Gasteiger partial charge is 0.405 e. The summed E-state index contributed by atoms with van der Waals surface area (Å²) < 4.78 is 32.5. The fourth-order valence-corrected chi connectivity index (χ4v) is 1.84. The Kier molecular flexibility index (Phi) is 5.28. The predicted octanol–water partition coefficient (Wildman–Crippen LogP) is 1.03. The summed E-state index contributed by atoms with van der Waals surface area (Å²) in [6, 6.07) is 5.85. The second-order valence-electron chi connectivity index (χ2n) is 3.78. The molecule has 1 rings (SSSR count). The molecule has 0 aliphatic rings. The first-order valence-corrected chi connectivity index (χ1v) is 6.80. The normalized spacial score (nSPS) is 11.4. The van der Waals surface area contributed by atoms with Gasteiger partial charge in [-0.3, -0.25) is 4.84 Å². The Balaban J connectivity index is 3.00. The van der Waals surface area contributed by atoms with Crippen LogP contribution in [0.4, 0.5) is 0 Å². The molecule has 19 heavy (non-hydrogen) atoms. The molecule has 0 unspecified atom stereocenters. The lowest BCUT2D eigenvalue weighted by atomic mass is 10.2. The van der Waals surface area contributed by atoms with E-state index in [0.29, 0.717) is 0 Å². The standard InChI is InChI=1S/C11H15NO6S/c1-8(2)17-11(13)9-6-4-5-7-10(9)18-19(14,15)12-16-3/h4-8,12H,1-3H3. The lowest BCUT2D eigenvalue weighted by Crippen LogP contribution is -2.28. The molecule has 0 heterocycles. The number of rotatable bonds is 6. The number of hydrogen-bond acceptors (Lipinski definition) is 6. The molecule has 1 aromatic carbocycles. The molecule has 1 aromatic rings. The van der Waals surface area contributed by atoms with E-state index in [1.807, 2.05) is 0 Å². The van der Waals surface area contributed by atoms with E-state index in [-0.39, 0.29) is 17.4 Å². The number of para-hydroxylation sites is 1. The molecule has 7 nitrogen and oxygen atoms in total. The largest absolute Gasteiger partial charge is 0.459 e. The van der Waals surface area contributed by atoms with E-state index in [1.165, 1.54) is 18.2 Å². The quantitative estimate of drug-likeness (QED) is 0.621. The Hall–Kier alpha value is -1.64. The van der Waals surface area contributed by atoms with Gasteiger partial charge >= 0.3 is 16.3 Å². The zero-order valence-corrected chi connectivity index (χ0v) is 11.6. The van der Waals surface area contributed by atoms with Crippen molar-refractivity contribution in [3.05, 3.63) is 29.8 Å². The van der Waals surface area contributed by atoms with Crippen LogP contribution in [-0.2, 0) is 19.9 Å². The number of benzene rings is 1. The van der Waals surface area contributed by atoms with Gasteiger partial charge in [-0.1, -0.05) is 17.0 Å². The Morgan fingerprint density at radius 3 is 2.47 bits per heavy atom. The van der Waals surface area contributed by atoms with Gasteiger partial charge in [0.2, 0.25) is 0 Å². The summed E-state index contributed by atoms with van der Waals surface area (Å²) in [5.74, 6) is -0.809. The number of nitrogens with one attached hydrogen (secondary N) is 1. The fraction of sp³-hybridized carbons (Fsp3) is 0.364. The van der Waals surface area contributed by atoms with Crippen LogP contribution in [0.15, 0.2) is 24.3 Å². The van der Waals surface area contributed by atoms with Crippen LogP contribution < -0.4 is 9.07 Å².